The molecule has 0 fully saturated rings. The van der Waals surface area contributed by atoms with Gasteiger partial charge in [-0.1, -0.05) is 17.8 Å². The summed E-state index contributed by atoms with van der Waals surface area (Å²) in [6.45, 7) is 0. The molecule has 0 N–H and O–H groups in total. The molecule has 13 heavy (non-hydrogen) atoms. The highest BCUT2D eigenvalue weighted by molar-refractivity contribution is 7.98. The first-order chi connectivity index (χ1) is 6.33. The summed E-state index contributed by atoms with van der Waals surface area (Å²) in [6, 6.07) is 3.94. The molecule has 6 heteroatoms. The molecule has 2 aromatic rings. The predicted octanol–water partition coefficient (Wildman–Crippen LogP) is 1.66. The Hall–Kier alpha value is -0.745. The molecule has 3 nitrogen and oxygen atoms in total. The van der Waals surface area contributed by atoms with Crippen LogP contribution < -0.4 is 0 Å². The van der Waals surface area contributed by atoms with Gasteiger partial charge in [0.2, 0.25) is 7.98 Å². The fraction of sp³-hybridized carbons (Fsp3) is 0.143. The van der Waals surface area contributed by atoms with E-state index in [1.807, 2.05) is 23.8 Å². The molecule has 0 amide bonds. The first kappa shape index (κ1) is 8.84. The lowest BCUT2D eigenvalue weighted by molar-refractivity contribution is 0.949. The average molecular weight is 207 g/mol. The normalized spacial score (nSPS) is 10.5. The third kappa shape index (κ3) is 1.51. The summed E-state index contributed by atoms with van der Waals surface area (Å²) in [5.41, 5.74) is 0. The number of nitrogens with zero attached hydrogens (tertiary/aromatic N) is 3. The molecule has 0 unspecified atom stereocenters. The molecule has 0 atom stereocenters. The van der Waals surface area contributed by atoms with Gasteiger partial charge in [0.25, 0.3) is 0 Å². The average Bonchev–Trinajstić information content (AvgIpc) is 2.72. The molecule has 0 aromatic carbocycles. The van der Waals surface area contributed by atoms with E-state index in [1.54, 1.807) is 11.3 Å². The van der Waals surface area contributed by atoms with Gasteiger partial charge < -0.3 is 4.48 Å². The Balaban J connectivity index is 2.48. The summed E-state index contributed by atoms with van der Waals surface area (Å²) in [7, 11) is 5.78. The van der Waals surface area contributed by atoms with Crippen molar-refractivity contribution in [3.05, 3.63) is 17.5 Å². The first-order valence-electron chi connectivity index (χ1n) is 3.61. The van der Waals surface area contributed by atoms with E-state index in [4.69, 9.17) is 7.98 Å². The summed E-state index contributed by atoms with van der Waals surface area (Å²) < 4.78 is 1.51. The highest BCUT2D eigenvalue weighted by Gasteiger charge is 2.09. The quantitative estimate of drug-likeness (QED) is 0.554. The zero-order chi connectivity index (χ0) is 9.26. The molecule has 0 saturated carbocycles. The van der Waals surface area contributed by atoms with Gasteiger partial charge >= 0.3 is 0 Å². The molecule has 0 aliphatic heterocycles. The topological polar surface area (TPSA) is 30.7 Å². The van der Waals surface area contributed by atoms with Crippen LogP contribution in [0.25, 0.3) is 10.7 Å². The Morgan fingerprint density at radius 1 is 1.54 bits per heavy atom. The number of thioether (sulfide) groups is 1. The molecule has 0 bridgehead atoms. The number of hydrogen-bond donors (Lipinski definition) is 0. The summed E-state index contributed by atoms with van der Waals surface area (Å²) >= 11 is 3.08. The Labute approximate surface area is 85.6 Å². The lowest BCUT2D eigenvalue weighted by Crippen LogP contribution is -1.95. The summed E-state index contributed by atoms with van der Waals surface area (Å²) in [6.07, 6.45) is 1.92. The Bertz CT molecular complexity index is 396. The van der Waals surface area contributed by atoms with Crippen molar-refractivity contribution in [3.63, 3.8) is 0 Å². The van der Waals surface area contributed by atoms with Crippen LogP contribution in [0.3, 0.4) is 0 Å². The highest BCUT2D eigenvalue weighted by Crippen LogP contribution is 2.24. The van der Waals surface area contributed by atoms with Crippen molar-refractivity contribution in [2.75, 3.05) is 6.26 Å². The minimum absolute atomic E-state index is 0.722. The minimum Gasteiger partial charge on any atom is -0.359 e. The largest absolute Gasteiger partial charge is 0.359 e. The van der Waals surface area contributed by atoms with Crippen LogP contribution in [0.4, 0.5) is 0 Å². The molecule has 2 radical (unpaired) electrons. The maximum atomic E-state index is 5.78. The molecule has 0 aliphatic rings. The van der Waals surface area contributed by atoms with Gasteiger partial charge in [0.1, 0.15) is 0 Å². The van der Waals surface area contributed by atoms with E-state index in [9.17, 15) is 0 Å². The van der Waals surface area contributed by atoms with Gasteiger partial charge in [-0.3, -0.25) is 0 Å². The molecule has 0 aliphatic carbocycles. The third-order valence-corrected chi connectivity index (χ3v) is 3.10. The Kier molecular flexibility index (Phi) is 2.41. The van der Waals surface area contributed by atoms with Crippen molar-refractivity contribution >= 4 is 31.1 Å². The van der Waals surface area contributed by atoms with Crippen LogP contribution in [0.5, 0.6) is 0 Å². The predicted molar refractivity (Wildman–Crippen MR) is 56.3 cm³/mol. The molecule has 2 rings (SSSR count). The standard InChI is InChI=1S/C7H6BN3S2/c1-12-7-10-9-6(11(7)8)5-3-2-4-13-5/h2-4H,1H3. The molecule has 64 valence electrons. The van der Waals surface area contributed by atoms with Gasteiger partial charge in [-0.15, -0.1) is 21.5 Å². The Morgan fingerprint density at radius 3 is 2.92 bits per heavy atom. The molecule has 0 spiro atoms. The van der Waals surface area contributed by atoms with Crippen LogP contribution in [0.15, 0.2) is 22.7 Å². The summed E-state index contributed by atoms with van der Waals surface area (Å²) in [4.78, 5) is 1.04. The zero-order valence-electron chi connectivity index (χ0n) is 6.97. The van der Waals surface area contributed by atoms with Crippen molar-refractivity contribution in [3.8, 4) is 10.7 Å². The molecular formula is C7H6BN3S2. The van der Waals surface area contributed by atoms with E-state index in [0.717, 1.165) is 15.9 Å². The van der Waals surface area contributed by atoms with Gasteiger partial charge in [0.15, 0.2) is 11.0 Å². The van der Waals surface area contributed by atoms with Crippen LogP contribution >= 0.6 is 23.1 Å². The molecular weight excluding hydrogens is 201 g/mol. The van der Waals surface area contributed by atoms with Crippen LogP contribution in [0, 0.1) is 0 Å². The van der Waals surface area contributed by atoms with Gasteiger partial charge in [-0.2, -0.15) is 0 Å². The van der Waals surface area contributed by atoms with Crippen LogP contribution in [-0.4, -0.2) is 28.9 Å². The second-order valence-electron chi connectivity index (χ2n) is 2.36. The maximum absolute atomic E-state index is 5.78. The fourth-order valence-electron chi connectivity index (χ4n) is 0.990. The van der Waals surface area contributed by atoms with Crippen molar-refractivity contribution in [1.82, 2.24) is 14.7 Å². The van der Waals surface area contributed by atoms with Gasteiger partial charge in [-0.25, -0.2) is 0 Å². The van der Waals surface area contributed by atoms with Crippen LogP contribution in [0.2, 0.25) is 0 Å². The number of rotatable bonds is 2. The van der Waals surface area contributed by atoms with Crippen molar-refractivity contribution in [2.24, 2.45) is 0 Å². The second-order valence-corrected chi connectivity index (χ2v) is 4.08. The lowest BCUT2D eigenvalue weighted by atomic mass is 10.3. The van der Waals surface area contributed by atoms with E-state index >= 15 is 0 Å². The van der Waals surface area contributed by atoms with Gasteiger partial charge in [0.05, 0.1) is 4.88 Å². The van der Waals surface area contributed by atoms with Crippen molar-refractivity contribution < 1.29 is 0 Å². The van der Waals surface area contributed by atoms with E-state index in [1.165, 1.54) is 16.2 Å². The van der Waals surface area contributed by atoms with Crippen molar-refractivity contribution in [1.29, 1.82) is 0 Å². The zero-order valence-corrected chi connectivity index (χ0v) is 8.60. The third-order valence-electron chi connectivity index (χ3n) is 1.59. The number of thiophene rings is 1. The number of hydrogen-bond acceptors (Lipinski definition) is 4. The molecule has 0 saturated heterocycles. The van der Waals surface area contributed by atoms with E-state index < -0.39 is 0 Å². The van der Waals surface area contributed by atoms with E-state index in [-0.39, 0.29) is 0 Å². The number of aromatic nitrogens is 3. The minimum atomic E-state index is 0.722. The smallest absolute Gasteiger partial charge is 0.239 e. The van der Waals surface area contributed by atoms with Crippen LogP contribution in [0.1, 0.15) is 0 Å². The maximum Gasteiger partial charge on any atom is 0.239 e. The molecule has 2 heterocycles. The van der Waals surface area contributed by atoms with E-state index in [2.05, 4.69) is 10.2 Å². The van der Waals surface area contributed by atoms with Gasteiger partial charge in [-0.05, 0) is 17.7 Å². The Morgan fingerprint density at radius 2 is 2.38 bits per heavy atom. The van der Waals surface area contributed by atoms with Crippen LogP contribution in [-0.2, 0) is 0 Å². The summed E-state index contributed by atoms with van der Waals surface area (Å²) in [5.74, 6) is 0.722. The fourth-order valence-corrected chi connectivity index (χ4v) is 2.10. The second kappa shape index (κ2) is 3.55. The lowest BCUT2D eigenvalue weighted by Gasteiger charge is -1.98. The highest BCUT2D eigenvalue weighted by atomic mass is 32.2. The monoisotopic (exact) mass is 207 g/mol. The summed E-state index contributed by atoms with van der Waals surface area (Å²) in [5, 5.41) is 10.7. The first-order valence-corrected chi connectivity index (χ1v) is 5.71. The molecule has 2 aromatic heterocycles. The van der Waals surface area contributed by atoms with Crippen molar-refractivity contribution in [2.45, 2.75) is 5.16 Å². The van der Waals surface area contributed by atoms with E-state index in [0.29, 0.717) is 0 Å². The SMILES string of the molecule is [B]n1c(SC)nnc1-c1cccs1. The van der Waals surface area contributed by atoms with Gasteiger partial charge in [0, 0.05) is 0 Å².